The van der Waals surface area contributed by atoms with Crippen molar-refractivity contribution in [3.05, 3.63) is 29.6 Å². The van der Waals surface area contributed by atoms with E-state index in [1.165, 1.54) is 44.1 Å². The molecule has 2 rings (SSSR count). The third-order valence-electron chi connectivity index (χ3n) is 4.61. The van der Waals surface area contributed by atoms with E-state index in [-0.39, 0.29) is 6.42 Å². The maximum absolute atomic E-state index is 11.2. The average Bonchev–Trinajstić information content (AvgIpc) is 2.98. The predicted octanol–water partition coefficient (Wildman–Crippen LogP) is 2.78. The second-order valence-electron chi connectivity index (χ2n) is 6.85. The Kier molecular flexibility index (Phi) is 6.96. The van der Waals surface area contributed by atoms with E-state index in [4.69, 9.17) is 10.8 Å². The molecule has 1 atom stereocenters. The number of nitrogens with zero attached hydrogens (tertiary/aromatic N) is 1. The maximum Gasteiger partial charge on any atom is 0.326 e. The molecule has 0 fully saturated rings. The molecule has 0 bridgehead atoms. The third kappa shape index (κ3) is 5.28. The van der Waals surface area contributed by atoms with Gasteiger partial charge >= 0.3 is 5.97 Å². The van der Waals surface area contributed by atoms with E-state index in [0.717, 1.165) is 17.5 Å². The number of benzene rings is 1. The number of aliphatic carboxylic acids is 1. The first-order valence-corrected chi connectivity index (χ1v) is 9.09. The van der Waals surface area contributed by atoms with Gasteiger partial charge in [0, 0.05) is 6.42 Å². The molecule has 0 amide bonds. The highest BCUT2D eigenvalue weighted by Gasteiger charge is 2.34. The zero-order chi connectivity index (χ0) is 18.3. The molecule has 0 saturated heterocycles. The van der Waals surface area contributed by atoms with Crippen molar-refractivity contribution >= 4 is 17.0 Å². The minimum Gasteiger partial charge on any atom is -0.480 e. The summed E-state index contributed by atoms with van der Waals surface area (Å²) in [5.74, 6) is -0.759. The fourth-order valence-corrected chi connectivity index (χ4v) is 2.96. The van der Waals surface area contributed by atoms with E-state index < -0.39 is 18.1 Å². The predicted molar refractivity (Wildman–Crippen MR) is 98.5 cm³/mol. The molecule has 1 heterocycles. The number of unbranched alkanes of at least 4 members (excludes halogenated alkanes) is 5. The van der Waals surface area contributed by atoms with Gasteiger partial charge in [0.25, 0.3) is 0 Å². The molecule has 2 aromatic rings. The number of carbonyl (C=O) groups is 1. The Morgan fingerprint density at radius 2 is 1.96 bits per heavy atom. The van der Waals surface area contributed by atoms with Gasteiger partial charge in [0.15, 0.2) is 0 Å². The lowest BCUT2D eigenvalue weighted by Gasteiger charge is -2.20. The smallest absolute Gasteiger partial charge is 0.326 e. The number of rotatable bonds is 11. The van der Waals surface area contributed by atoms with Gasteiger partial charge in [0.2, 0.25) is 0 Å². The summed E-state index contributed by atoms with van der Waals surface area (Å²) < 4.78 is 0. The fraction of sp³-hybridized carbons (Fsp3) is 0.579. The van der Waals surface area contributed by atoms with Crippen molar-refractivity contribution in [3.8, 4) is 0 Å². The number of hydrogen-bond donors (Lipinski definition) is 4. The van der Waals surface area contributed by atoms with E-state index >= 15 is 0 Å². The summed E-state index contributed by atoms with van der Waals surface area (Å²) in [5, 5.41) is 18.4. The first-order valence-electron chi connectivity index (χ1n) is 9.09. The van der Waals surface area contributed by atoms with Crippen molar-refractivity contribution in [2.24, 2.45) is 5.73 Å². The first kappa shape index (κ1) is 19.4. The van der Waals surface area contributed by atoms with Gasteiger partial charge in [-0.25, -0.2) is 4.98 Å². The van der Waals surface area contributed by atoms with E-state index in [1.807, 2.05) is 6.07 Å². The number of carboxylic acid groups (broad SMARTS) is 1. The molecule has 0 aliphatic rings. The quantitative estimate of drug-likeness (QED) is 0.467. The van der Waals surface area contributed by atoms with Crippen molar-refractivity contribution in [1.82, 2.24) is 9.97 Å². The SMILES string of the molecule is CCCCCCCCc1ccc2nc(CC(N)(CO)C(=O)O)[nH]c2c1. The molecule has 0 aliphatic heterocycles. The van der Waals surface area contributed by atoms with Crippen LogP contribution in [0.3, 0.4) is 0 Å². The summed E-state index contributed by atoms with van der Waals surface area (Å²) in [4.78, 5) is 18.7. The summed E-state index contributed by atoms with van der Waals surface area (Å²) in [7, 11) is 0. The summed E-state index contributed by atoms with van der Waals surface area (Å²) in [6.07, 6.45) is 8.59. The van der Waals surface area contributed by atoms with Gasteiger partial charge in [0.1, 0.15) is 11.4 Å². The Labute approximate surface area is 148 Å². The van der Waals surface area contributed by atoms with E-state index in [1.54, 1.807) is 0 Å². The molecular formula is C19H29N3O3. The molecule has 0 aliphatic carbocycles. The highest BCUT2D eigenvalue weighted by Crippen LogP contribution is 2.18. The standard InChI is InChI=1S/C19H29N3O3/c1-2-3-4-5-6-7-8-14-9-10-15-16(11-14)22-17(21-15)12-19(20,13-23)18(24)25/h9-11,23H,2-8,12-13,20H2,1H3,(H,21,22)(H,24,25). The number of carboxylic acids is 1. The van der Waals surface area contributed by atoms with Gasteiger partial charge in [-0.3, -0.25) is 4.79 Å². The molecule has 138 valence electrons. The number of fused-ring (bicyclic) bond motifs is 1. The largest absolute Gasteiger partial charge is 0.480 e. The average molecular weight is 347 g/mol. The molecular weight excluding hydrogens is 318 g/mol. The van der Waals surface area contributed by atoms with Gasteiger partial charge < -0.3 is 20.9 Å². The molecule has 6 nitrogen and oxygen atoms in total. The summed E-state index contributed by atoms with van der Waals surface area (Å²) >= 11 is 0. The van der Waals surface area contributed by atoms with Crippen molar-refractivity contribution in [1.29, 1.82) is 0 Å². The van der Waals surface area contributed by atoms with Crippen LogP contribution in [0.15, 0.2) is 18.2 Å². The Morgan fingerprint density at radius 1 is 1.24 bits per heavy atom. The number of aromatic nitrogens is 2. The molecule has 1 aromatic carbocycles. The van der Waals surface area contributed by atoms with Crippen LogP contribution in [0.2, 0.25) is 0 Å². The van der Waals surface area contributed by atoms with Crippen molar-refractivity contribution in [2.75, 3.05) is 6.61 Å². The Balaban J connectivity index is 1.98. The number of H-pyrrole nitrogens is 1. The number of aryl methyl sites for hydroxylation is 1. The van der Waals surface area contributed by atoms with E-state index in [2.05, 4.69) is 29.0 Å². The van der Waals surface area contributed by atoms with Crippen LogP contribution in [0, 0.1) is 0 Å². The fourth-order valence-electron chi connectivity index (χ4n) is 2.96. The monoisotopic (exact) mass is 347 g/mol. The van der Waals surface area contributed by atoms with Crippen LogP contribution in [0.5, 0.6) is 0 Å². The van der Waals surface area contributed by atoms with Gasteiger partial charge in [-0.15, -0.1) is 0 Å². The maximum atomic E-state index is 11.2. The minimum atomic E-state index is -1.71. The van der Waals surface area contributed by atoms with Crippen LogP contribution in [0.25, 0.3) is 11.0 Å². The third-order valence-corrected chi connectivity index (χ3v) is 4.61. The molecule has 0 radical (unpaired) electrons. The van der Waals surface area contributed by atoms with Crippen LogP contribution in [0.1, 0.15) is 56.8 Å². The van der Waals surface area contributed by atoms with Gasteiger partial charge in [0.05, 0.1) is 17.6 Å². The normalized spacial score (nSPS) is 13.9. The Hall–Kier alpha value is -1.92. The first-order chi connectivity index (χ1) is 12.0. The van der Waals surface area contributed by atoms with Crippen molar-refractivity contribution < 1.29 is 15.0 Å². The molecule has 6 heteroatoms. The molecule has 0 saturated carbocycles. The summed E-state index contributed by atoms with van der Waals surface area (Å²) in [5.41, 5.74) is 6.93. The Morgan fingerprint density at radius 3 is 2.64 bits per heavy atom. The zero-order valence-electron chi connectivity index (χ0n) is 14.9. The number of imidazole rings is 1. The molecule has 1 unspecified atom stereocenters. The topological polar surface area (TPSA) is 112 Å². The molecule has 0 spiro atoms. The molecule has 1 aromatic heterocycles. The number of aliphatic hydroxyl groups is 1. The second-order valence-corrected chi connectivity index (χ2v) is 6.85. The number of nitrogens with two attached hydrogens (primary N) is 1. The number of aromatic amines is 1. The van der Waals surface area contributed by atoms with Crippen LogP contribution in [0.4, 0.5) is 0 Å². The van der Waals surface area contributed by atoms with E-state index in [9.17, 15) is 9.90 Å². The lowest BCUT2D eigenvalue weighted by Crippen LogP contribution is -2.53. The van der Waals surface area contributed by atoms with Gasteiger partial charge in [-0.1, -0.05) is 45.1 Å². The minimum absolute atomic E-state index is 0.0414. The van der Waals surface area contributed by atoms with Crippen molar-refractivity contribution in [3.63, 3.8) is 0 Å². The van der Waals surface area contributed by atoms with E-state index in [0.29, 0.717) is 5.82 Å². The lowest BCUT2D eigenvalue weighted by molar-refractivity contribution is -0.144. The van der Waals surface area contributed by atoms with Crippen LogP contribution >= 0.6 is 0 Å². The van der Waals surface area contributed by atoms with Crippen molar-refractivity contribution in [2.45, 2.75) is 63.8 Å². The van der Waals surface area contributed by atoms with Gasteiger partial charge in [-0.05, 0) is 30.5 Å². The van der Waals surface area contributed by atoms with Crippen LogP contribution in [-0.4, -0.2) is 38.3 Å². The zero-order valence-corrected chi connectivity index (χ0v) is 14.9. The number of nitrogens with one attached hydrogen (secondary N) is 1. The Bertz CT molecular complexity index is 698. The molecule has 25 heavy (non-hydrogen) atoms. The highest BCUT2D eigenvalue weighted by atomic mass is 16.4. The second kappa shape index (κ2) is 8.97. The molecule has 5 N–H and O–H groups in total. The van der Waals surface area contributed by atoms with Crippen LogP contribution < -0.4 is 5.73 Å². The number of hydrogen-bond acceptors (Lipinski definition) is 4. The lowest BCUT2D eigenvalue weighted by atomic mass is 9.98. The highest BCUT2D eigenvalue weighted by molar-refractivity contribution is 5.80. The van der Waals surface area contributed by atoms with Gasteiger partial charge in [-0.2, -0.15) is 0 Å². The van der Waals surface area contributed by atoms with Crippen LogP contribution in [-0.2, 0) is 17.6 Å². The number of aliphatic hydroxyl groups excluding tert-OH is 1. The summed E-state index contributed by atoms with van der Waals surface area (Å²) in [6.45, 7) is 1.59. The summed E-state index contributed by atoms with van der Waals surface area (Å²) in [6, 6.07) is 6.08.